The van der Waals surface area contributed by atoms with Crippen LogP contribution in [0.25, 0.3) is 0 Å². The Morgan fingerprint density at radius 1 is 1.37 bits per heavy atom. The molecule has 1 unspecified atom stereocenters. The summed E-state index contributed by atoms with van der Waals surface area (Å²) in [5.74, 6) is -1.97. The average Bonchev–Trinajstić information content (AvgIpc) is 2.36. The fourth-order valence-electron chi connectivity index (χ4n) is 1.95. The van der Waals surface area contributed by atoms with Gasteiger partial charge in [0.25, 0.3) is 5.91 Å². The third-order valence-corrected chi connectivity index (χ3v) is 2.96. The molecule has 0 aliphatic rings. The van der Waals surface area contributed by atoms with Gasteiger partial charge in [0.15, 0.2) is 0 Å². The molecule has 0 aliphatic heterocycles. The molecule has 0 radical (unpaired) electrons. The van der Waals surface area contributed by atoms with Crippen molar-refractivity contribution in [2.24, 2.45) is 5.92 Å². The summed E-state index contributed by atoms with van der Waals surface area (Å²) in [5.41, 5.74) is -0.166. The monoisotopic (exact) mass is 271 g/mol. The van der Waals surface area contributed by atoms with Gasteiger partial charge in [0.1, 0.15) is 11.6 Å². The topological polar surface area (TPSA) is 49.3 Å². The van der Waals surface area contributed by atoms with Crippen LogP contribution in [0.3, 0.4) is 0 Å². The van der Waals surface area contributed by atoms with Crippen molar-refractivity contribution in [3.63, 3.8) is 0 Å². The van der Waals surface area contributed by atoms with Gasteiger partial charge in [-0.3, -0.25) is 4.79 Å². The van der Waals surface area contributed by atoms with Gasteiger partial charge in [0, 0.05) is 19.2 Å². The highest BCUT2D eigenvalue weighted by molar-refractivity contribution is 5.94. The van der Waals surface area contributed by atoms with Crippen LogP contribution in [0.1, 0.15) is 36.5 Å². The number of carbonyl (C=O) groups excluding carboxylic acids is 1. The van der Waals surface area contributed by atoms with Crippen molar-refractivity contribution in [1.82, 2.24) is 5.32 Å². The highest BCUT2D eigenvalue weighted by atomic mass is 19.1. The van der Waals surface area contributed by atoms with Gasteiger partial charge in [-0.25, -0.2) is 8.78 Å². The summed E-state index contributed by atoms with van der Waals surface area (Å²) >= 11 is 0. The molecule has 1 rings (SSSR count). The quantitative estimate of drug-likeness (QED) is 0.800. The Bertz CT molecular complexity index is 418. The second kappa shape index (κ2) is 7.84. The van der Waals surface area contributed by atoms with Crippen molar-refractivity contribution in [1.29, 1.82) is 0 Å². The minimum absolute atomic E-state index is 0.0610. The molecule has 0 heterocycles. The first-order valence-electron chi connectivity index (χ1n) is 6.42. The molecule has 1 amide bonds. The van der Waals surface area contributed by atoms with Gasteiger partial charge in [0.2, 0.25) is 0 Å². The van der Waals surface area contributed by atoms with E-state index in [4.69, 9.17) is 5.11 Å². The van der Waals surface area contributed by atoms with Crippen molar-refractivity contribution in [3.05, 3.63) is 35.4 Å². The first-order chi connectivity index (χ1) is 9.08. The molecule has 0 saturated carbocycles. The number of hydrogen-bond acceptors (Lipinski definition) is 2. The Hall–Kier alpha value is -1.49. The summed E-state index contributed by atoms with van der Waals surface area (Å²) in [6.07, 6.45) is 2.43. The molecule has 0 saturated heterocycles. The summed E-state index contributed by atoms with van der Waals surface area (Å²) in [6.45, 7) is 2.46. The Kier molecular flexibility index (Phi) is 6.42. The molecule has 0 spiro atoms. The molecule has 1 atom stereocenters. The van der Waals surface area contributed by atoms with E-state index in [9.17, 15) is 13.6 Å². The largest absolute Gasteiger partial charge is 0.396 e. The molecule has 1 aromatic carbocycles. The van der Waals surface area contributed by atoms with Crippen LogP contribution in [0.5, 0.6) is 0 Å². The molecule has 3 nitrogen and oxygen atoms in total. The number of nitrogens with one attached hydrogen (secondary N) is 1. The number of carbonyl (C=O) groups is 1. The highest BCUT2D eigenvalue weighted by Gasteiger charge is 2.14. The molecule has 0 bridgehead atoms. The summed E-state index contributed by atoms with van der Waals surface area (Å²) in [6, 6.07) is 2.86. The third-order valence-electron chi connectivity index (χ3n) is 2.96. The SMILES string of the molecule is CCCC(CCO)CNC(=O)c1ccc(F)cc1F. The highest BCUT2D eigenvalue weighted by Crippen LogP contribution is 2.12. The van der Waals surface area contributed by atoms with Crippen LogP contribution in [-0.2, 0) is 0 Å². The molecule has 0 fully saturated rings. The minimum atomic E-state index is -0.869. The lowest BCUT2D eigenvalue weighted by molar-refractivity contribution is 0.0938. The third kappa shape index (κ3) is 4.95. The summed E-state index contributed by atoms with van der Waals surface area (Å²) in [5, 5.41) is 11.5. The van der Waals surface area contributed by atoms with E-state index in [2.05, 4.69) is 5.32 Å². The lowest BCUT2D eigenvalue weighted by atomic mass is 10.00. The van der Waals surface area contributed by atoms with Crippen LogP contribution in [0.2, 0.25) is 0 Å². The number of hydrogen-bond donors (Lipinski definition) is 2. The second-order valence-electron chi connectivity index (χ2n) is 4.50. The van der Waals surface area contributed by atoms with Crippen LogP contribution >= 0.6 is 0 Å². The van der Waals surface area contributed by atoms with E-state index < -0.39 is 17.5 Å². The molecule has 1 aromatic rings. The van der Waals surface area contributed by atoms with Gasteiger partial charge >= 0.3 is 0 Å². The Labute approximate surface area is 111 Å². The normalized spacial score (nSPS) is 12.2. The minimum Gasteiger partial charge on any atom is -0.396 e. The van der Waals surface area contributed by atoms with Gasteiger partial charge in [-0.1, -0.05) is 13.3 Å². The molecular formula is C14H19F2NO2. The smallest absolute Gasteiger partial charge is 0.254 e. The zero-order valence-electron chi connectivity index (χ0n) is 11.0. The molecular weight excluding hydrogens is 252 g/mol. The van der Waals surface area contributed by atoms with Gasteiger partial charge in [-0.05, 0) is 30.9 Å². The first kappa shape index (κ1) is 15.6. The van der Waals surface area contributed by atoms with Crippen molar-refractivity contribution >= 4 is 5.91 Å². The second-order valence-corrected chi connectivity index (χ2v) is 4.50. The molecule has 19 heavy (non-hydrogen) atoms. The van der Waals surface area contributed by atoms with E-state index in [1.54, 1.807) is 0 Å². The molecule has 0 aromatic heterocycles. The zero-order valence-corrected chi connectivity index (χ0v) is 11.0. The number of halogens is 2. The summed E-state index contributed by atoms with van der Waals surface area (Å²) in [7, 11) is 0. The number of rotatable bonds is 7. The fourth-order valence-corrected chi connectivity index (χ4v) is 1.95. The summed E-state index contributed by atoms with van der Waals surface area (Å²) in [4.78, 5) is 11.8. The predicted octanol–water partition coefficient (Wildman–Crippen LogP) is 2.49. The average molecular weight is 271 g/mol. The lowest BCUT2D eigenvalue weighted by Crippen LogP contribution is -2.30. The Balaban J connectivity index is 2.58. The van der Waals surface area contributed by atoms with E-state index in [1.807, 2.05) is 6.92 Å². The molecule has 106 valence electrons. The van der Waals surface area contributed by atoms with Gasteiger partial charge in [-0.2, -0.15) is 0 Å². The lowest BCUT2D eigenvalue weighted by Gasteiger charge is -2.15. The Morgan fingerprint density at radius 2 is 2.11 bits per heavy atom. The van der Waals surface area contributed by atoms with E-state index in [-0.39, 0.29) is 18.1 Å². The van der Waals surface area contributed by atoms with Crippen molar-refractivity contribution in [3.8, 4) is 0 Å². The Morgan fingerprint density at radius 3 is 2.68 bits per heavy atom. The number of amides is 1. The van der Waals surface area contributed by atoms with Crippen molar-refractivity contribution in [2.45, 2.75) is 26.2 Å². The van der Waals surface area contributed by atoms with Crippen LogP contribution in [0.15, 0.2) is 18.2 Å². The predicted molar refractivity (Wildman–Crippen MR) is 68.8 cm³/mol. The van der Waals surface area contributed by atoms with E-state index in [0.717, 1.165) is 25.0 Å². The maximum atomic E-state index is 13.4. The number of aliphatic hydroxyl groups is 1. The van der Waals surface area contributed by atoms with Crippen molar-refractivity contribution < 1.29 is 18.7 Å². The standard InChI is InChI=1S/C14H19F2NO2/c1-2-3-10(6-7-18)9-17-14(19)12-5-4-11(15)8-13(12)16/h4-5,8,10,18H,2-3,6-7,9H2,1H3,(H,17,19). The van der Waals surface area contributed by atoms with Crippen LogP contribution < -0.4 is 5.32 Å². The van der Waals surface area contributed by atoms with Crippen molar-refractivity contribution in [2.75, 3.05) is 13.2 Å². The van der Waals surface area contributed by atoms with Gasteiger partial charge < -0.3 is 10.4 Å². The summed E-state index contributed by atoms with van der Waals surface area (Å²) < 4.78 is 26.1. The van der Waals surface area contributed by atoms with E-state index >= 15 is 0 Å². The van der Waals surface area contributed by atoms with Gasteiger partial charge in [-0.15, -0.1) is 0 Å². The fraction of sp³-hybridized carbons (Fsp3) is 0.500. The molecule has 5 heteroatoms. The van der Waals surface area contributed by atoms with Crippen LogP contribution in [0.4, 0.5) is 8.78 Å². The maximum absolute atomic E-state index is 13.4. The number of benzene rings is 1. The van der Waals surface area contributed by atoms with Crippen LogP contribution in [0, 0.1) is 17.6 Å². The molecule has 2 N–H and O–H groups in total. The van der Waals surface area contributed by atoms with E-state index in [0.29, 0.717) is 19.0 Å². The van der Waals surface area contributed by atoms with Crippen LogP contribution in [-0.4, -0.2) is 24.2 Å². The van der Waals surface area contributed by atoms with E-state index in [1.165, 1.54) is 0 Å². The number of aliphatic hydroxyl groups excluding tert-OH is 1. The molecule has 0 aliphatic carbocycles. The first-order valence-corrected chi connectivity index (χ1v) is 6.42. The zero-order chi connectivity index (χ0) is 14.3. The van der Waals surface area contributed by atoms with Gasteiger partial charge in [0.05, 0.1) is 5.56 Å². The maximum Gasteiger partial charge on any atom is 0.254 e.